The smallest absolute Gasteiger partial charge is 0.213 e. The molecule has 1 rings (SSSR count). The van der Waals surface area contributed by atoms with Crippen LogP contribution < -0.4 is 14.8 Å². The first-order valence-corrected chi connectivity index (χ1v) is 5.87. The summed E-state index contributed by atoms with van der Waals surface area (Å²) < 4.78 is 11.0. The van der Waals surface area contributed by atoms with Crippen molar-refractivity contribution >= 4 is 0 Å². The maximum absolute atomic E-state index is 5.62. The van der Waals surface area contributed by atoms with E-state index in [1.165, 1.54) is 0 Å². The highest BCUT2D eigenvalue weighted by Gasteiger charge is 2.11. The molecular formula is C13H22N2O2. The Hall–Kier alpha value is -1.29. The van der Waals surface area contributed by atoms with Crippen molar-refractivity contribution < 1.29 is 9.47 Å². The number of aromatic nitrogens is 1. The fourth-order valence-corrected chi connectivity index (χ4v) is 1.09. The summed E-state index contributed by atoms with van der Waals surface area (Å²) >= 11 is 0. The van der Waals surface area contributed by atoms with E-state index in [9.17, 15) is 0 Å². The summed E-state index contributed by atoms with van der Waals surface area (Å²) in [4.78, 5) is 4.18. The minimum Gasteiger partial charge on any atom is -0.491 e. The lowest BCUT2D eigenvalue weighted by Crippen LogP contribution is -2.17. The molecule has 1 heterocycles. The second-order valence-electron chi connectivity index (χ2n) is 5.13. The van der Waals surface area contributed by atoms with Gasteiger partial charge in [-0.15, -0.1) is 0 Å². The Morgan fingerprint density at radius 3 is 2.53 bits per heavy atom. The van der Waals surface area contributed by atoms with Crippen molar-refractivity contribution in [2.45, 2.75) is 20.8 Å². The van der Waals surface area contributed by atoms with Gasteiger partial charge >= 0.3 is 0 Å². The van der Waals surface area contributed by atoms with Gasteiger partial charge in [-0.25, -0.2) is 4.98 Å². The molecule has 0 fully saturated rings. The second kappa shape index (κ2) is 6.45. The molecule has 0 unspecified atom stereocenters. The van der Waals surface area contributed by atoms with Crippen LogP contribution in [0.3, 0.4) is 0 Å². The van der Waals surface area contributed by atoms with Crippen LogP contribution in [0, 0.1) is 5.41 Å². The number of ether oxygens (including phenoxy) is 2. The first kappa shape index (κ1) is 13.8. The highest BCUT2D eigenvalue weighted by atomic mass is 16.5. The van der Waals surface area contributed by atoms with Crippen LogP contribution in [0.4, 0.5) is 0 Å². The summed E-state index contributed by atoms with van der Waals surface area (Å²) in [6.45, 7) is 8.51. The quantitative estimate of drug-likeness (QED) is 0.771. The molecule has 1 aromatic rings. The van der Waals surface area contributed by atoms with E-state index in [0.717, 1.165) is 12.3 Å². The summed E-state index contributed by atoms with van der Waals surface area (Å²) in [5, 5.41) is 3.01. The van der Waals surface area contributed by atoms with E-state index in [2.05, 4.69) is 31.1 Å². The summed E-state index contributed by atoms with van der Waals surface area (Å²) in [5.74, 6) is 1.41. The molecular weight excluding hydrogens is 216 g/mol. The molecule has 17 heavy (non-hydrogen) atoms. The molecule has 96 valence electrons. The van der Waals surface area contributed by atoms with Gasteiger partial charge < -0.3 is 14.8 Å². The van der Waals surface area contributed by atoms with Gasteiger partial charge in [-0.1, -0.05) is 20.8 Å². The van der Waals surface area contributed by atoms with Crippen LogP contribution >= 0.6 is 0 Å². The SMILES string of the molecule is CNCCOc1ccc(OCC(C)(C)C)cn1. The number of nitrogens with one attached hydrogen (secondary N) is 1. The summed E-state index contributed by atoms with van der Waals surface area (Å²) in [6.07, 6.45) is 1.69. The molecule has 1 aromatic heterocycles. The summed E-state index contributed by atoms with van der Waals surface area (Å²) in [5.41, 5.74) is 0.155. The predicted molar refractivity (Wildman–Crippen MR) is 68.6 cm³/mol. The van der Waals surface area contributed by atoms with Crippen molar-refractivity contribution in [3.05, 3.63) is 18.3 Å². The maximum atomic E-state index is 5.62. The molecule has 0 saturated heterocycles. The van der Waals surface area contributed by atoms with E-state index >= 15 is 0 Å². The van der Waals surface area contributed by atoms with E-state index in [4.69, 9.17) is 9.47 Å². The molecule has 0 aliphatic rings. The zero-order valence-corrected chi connectivity index (χ0v) is 11.1. The number of likely N-dealkylation sites (N-methyl/N-ethyl adjacent to an activating group) is 1. The van der Waals surface area contributed by atoms with E-state index in [1.807, 2.05) is 19.2 Å². The maximum Gasteiger partial charge on any atom is 0.213 e. The standard InChI is InChI=1S/C13H22N2O2/c1-13(2,3)10-17-11-5-6-12(15-9-11)16-8-7-14-4/h5-6,9,14H,7-8,10H2,1-4H3. The average Bonchev–Trinajstić information content (AvgIpc) is 2.27. The second-order valence-corrected chi connectivity index (χ2v) is 5.13. The number of rotatable bonds is 6. The molecule has 0 atom stereocenters. The van der Waals surface area contributed by atoms with Gasteiger partial charge in [-0.2, -0.15) is 0 Å². The van der Waals surface area contributed by atoms with Gasteiger partial charge in [0.25, 0.3) is 0 Å². The van der Waals surface area contributed by atoms with Gasteiger partial charge in [0.15, 0.2) is 0 Å². The minimum atomic E-state index is 0.155. The Morgan fingerprint density at radius 1 is 1.24 bits per heavy atom. The van der Waals surface area contributed by atoms with Crippen molar-refractivity contribution in [3.8, 4) is 11.6 Å². The lowest BCUT2D eigenvalue weighted by molar-refractivity contribution is 0.197. The molecule has 4 nitrogen and oxygen atoms in total. The molecule has 0 aliphatic heterocycles. The van der Waals surface area contributed by atoms with Gasteiger partial charge in [0, 0.05) is 12.6 Å². The van der Waals surface area contributed by atoms with Crippen molar-refractivity contribution in [2.24, 2.45) is 5.41 Å². The van der Waals surface area contributed by atoms with Crippen LogP contribution in [-0.2, 0) is 0 Å². The lowest BCUT2D eigenvalue weighted by Gasteiger charge is -2.18. The van der Waals surface area contributed by atoms with Crippen LogP contribution in [0.5, 0.6) is 11.6 Å². The van der Waals surface area contributed by atoms with Crippen LogP contribution in [0.2, 0.25) is 0 Å². The lowest BCUT2D eigenvalue weighted by atomic mass is 9.99. The molecule has 1 N–H and O–H groups in total. The van der Waals surface area contributed by atoms with Crippen LogP contribution in [0.25, 0.3) is 0 Å². The molecule has 4 heteroatoms. The third-order valence-electron chi connectivity index (χ3n) is 1.98. The molecule has 0 radical (unpaired) electrons. The van der Waals surface area contributed by atoms with Crippen LogP contribution in [0.15, 0.2) is 18.3 Å². The summed E-state index contributed by atoms with van der Waals surface area (Å²) in [6, 6.07) is 3.71. The molecule has 0 amide bonds. The molecule has 0 aliphatic carbocycles. The van der Waals surface area contributed by atoms with E-state index < -0.39 is 0 Å². The van der Waals surface area contributed by atoms with Gasteiger partial charge in [0.05, 0.1) is 12.8 Å². The van der Waals surface area contributed by atoms with Crippen molar-refractivity contribution in [1.29, 1.82) is 0 Å². The number of nitrogens with zero attached hydrogens (tertiary/aromatic N) is 1. The van der Waals surface area contributed by atoms with Crippen LogP contribution in [-0.4, -0.2) is 31.8 Å². The Kier molecular flexibility index (Phi) is 5.22. The Labute approximate surface area is 103 Å². The fourth-order valence-electron chi connectivity index (χ4n) is 1.09. The monoisotopic (exact) mass is 238 g/mol. The number of hydrogen-bond acceptors (Lipinski definition) is 4. The van der Waals surface area contributed by atoms with E-state index in [1.54, 1.807) is 6.20 Å². The van der Waals surface area contributed by atoms with Gasteiger partial charge in [0.2, 0.25) is 5.88 Å². The Morgan fingerprint density at radius 2 is 2.00 bits per heavy atom. The third-order valence-corrected chi connectivity index (χ3v) is 1.98. The zero-order valence-electron chi connectivity index (χ0n) is 11.1. The summed E-state index contributed by atoms with van der Waals surface area (Å²) in [7, 11) is 1.89. The van der Waals surface area contributed by atoms with Gasteiger partial charge in [-0.3, -0.25) is 0 Å². The first-order valence-electron chi connectivity index (χ1n) is 5.87. The predicted octanol–water partition coefficient (Wildman–Crippen LogP) is 2.10. The molecule has 0 aromatic carbocycles. The molecule has 0 bridgehead atoms. The number of hydrogen-bond donors (Lipinski definition) is 1. The van der Waals surface area contributed by atoms with Crippen molar-refractivity contribution in [3.63, 3.8) is 0 Å². The largest absolute Gasteiger partial charge is 0.491 e. The zero-order chi connectivity index (χ0) is 12.7. The number of pyridine rings is 1. The Bertz CT molecular complexity index is 317. The average molecular weight is 238 g/mol. The highest BCUT2D eigenvalue weighted by molar-refractivity contribution is 5.22. The fraction of sp³-hybridized carbons (Fsp3) is 0.615. The minimum absolute atomic E-state index is 0.155. The van der Waals surface area contributed by atoms with Crippen LogP contribution in [0.1, 0.15) is 20.8 Å². The highest BCUT2D eigenvalue weighted by Crippen LogP contribution is 2.18. The van der Waals surface area contributed by atoms with Gasteiger partial charge in [0.1, 0.15) is 12.4 Å². The van der Waals surface area contributed by atoms with E-state index in [-0.39, 0.29) is 5.41 Å². The van der Waals surface area contributed by atoms with E-state index in [0.29, 0.717) is 19.1 Å². The molecule has 0 spiro atoms. The third kappa shape index (κ3) is 6.12. The molecule has 0 saturated carbocycles. The topological polar surface area (TPSA) is 43.4 Å². The van der Waals surface area contributed by atoms with Crippen molar-refractivity contribution in [1.82, 2.24) is 10.3 Å². The Balaban J connectivity index is 2.39. The van der Waals surface area contributed by atoms with Crippen molar-refractivity contribution in [2.75, 3.05) is 26.8 Å². The first-order chi connectivity index (χ1) is 8.01. The normalized spacial score (nSPS) is 11.3. The van der Waals surface area contributed by atoms with Gasteiger partial charge in [-0.05, 0) is 18.5 Å².